The molecule has 2 aromatic rings. The maximum absolute atomic E-state index is 12.0. The molecular weight excluding hydrogens is 290 g/mol. The van der Waals surface area contributed by atoms with E-state index in [0.29, 0.717) is 29.5 Å². The van der Waals surface area contributed by atoms with E-state index in [1.54, 1.807) is 13.0 Å². The number of benzene rings is 1. The van der Waals surface area contributed by atoms with E-state index in [0.717, 1.165) is 24.2 Å². The summed E-state index contributed by atoms with van der Waals surface area (Å²) in [4.78, 5) is 21.3. The van der Waals surface area contributed by atoms with Crippen molar-refractivity contribution >= 4 is 11.6 Å². The molecule has 1 aromatic carbocycles. The number of halogens is 1. The summed E-state index contributed by atoms with van der Waals surface area (Å²) in [6.45, 7) is 3.68. The van der Waals surface area contributed by atoms with Gasteiger partial charge in [0.25, 0.3) is 5.56 Å². The molecule has 1 aliphatic heterocycles. The number of rotatable bonds is 2. The maximum atomic E-state index is 12.0. The van der Waals surface area contributed by atoms with Crippen LogP contribution in [0.15, 0.2) is 23.0 Å². The smallest absolute Gasteiger partial charge is 0.255 e. The Labute approximate surface area is 127 Å². The van der Waals surface area contributed by atoms with Crippen molar-refractivity contribution in [1.82, 2.24) is 14.9 Å². The van der Waals surface area contributed by atoms with E-state index in [2.05, 4.69) is 14.9 Å². The lowest BCUT2D eigenvalue weighted by atomic mass is 10.1. The zero-order valence-electron chi connectivity index (χ0n) is 11.7. The van der Waals surface area contributed by atoms with Crippen molar-refractivity contribution in [3.05, 3.63) is 56.2 Å². The van der Waals surface area contributed by atoms with Crippen molar-refractivity contribution in [2.45, 2.75) is 26.4 Å². The monoisotopic (exact) mass is 305 g/mol. The average molecular weight is 306 g/mol. The first-order chi connectivity index (χ1) is 10.0. The van der Waals surface area contributed by atoms with Crippen LogP contribution >= 0.6 is 11.6 Å². The van der Waals surface area contributed by atoms with Crippen molar-refractivity contribution in [3.63, 3.8) is 0 Å². The number of nitrogens with one attached hydrogen (secondary N) is 1. The summed E-state index contributed by atoms with van der Waals surface area (Å²) in [5.41, 5.74) is 2.29. The third-order valence-electron chi connectivity index (χ3n) is 3.73. The highest BCUT2D eigenvalue weighted by molar-refractivity contribution is 6.32. The van der Waals surface area contributed by atoms with E-state index in [1.165, 1.54) is 0 Å². The molecule has 0 unspecified atom stereocenters. The molecule has 0 atom stereocenters. The number of aryl methyl sites for hydroxylation is 1. The molecule has 0 saturated carbocycles. The number of nitrogens with zero attached hydrogens (tertiary/aromatic N) is 2. The highest BCUT2D eigenvalue weighted by Gasteiger charge is 2.21. The Morgan fingerprint density at radius 1 is 1.48 bits per heavy atom. The highest BCUT2D eigenvalue weighted by atomic mass is 35.5. The maximum Gasteiger partial charge on any atom is 0.255 e. The minimum atomic E-state index is -0.0717. The van der Waals surface area contributed by atoms with Crippen LogP contribution in [0.5, 0.6) is 5.75 Å². The SMILES string of the molecule is Cc1nc2c(c(=O)[nH]1)CN(Cc1cccc(Cl)c1O)CC2. The molecule has 1 aromatic heterocycles. The van der Waals surface area contributed by atoms with Crippen molar-refractivity contribution in [3.8, 4) is 5.75 Å². The van der Waals surface area contributed by atoms with Crippen molar-refractivity contribution in [1.29, 1.82) is 0 Å². The van der Waals surface area contributed by atoms with E-state index in [4.69, 9.17) is 11.6 Å². The zero-order chi connectivity index (χ0) is 15.0. The van der Waals surface area contributed by atoms with Gasteiger partial charge in [-0.05, 0) is 13.0 Å². The normalized spacial score (nSPS) is 15.0. The van der Waals surface area contributed by atoms with Crippen LogP contribution in [0.3, 0.4) is 0 Å². The molecule has 0 bridgehead atoms. The molecule has 110 valence electrons. The van der Waals surface area contributed by atoms with Gasteiger partial charge < -0.3 is 10.1 Å². The van der Waals surface area contributed by atoms with Crippen LogP contribution in [0.25, 0.3) is 0 Å². The predicted molar refractivity (Wildman–Crippen MR) is 80.5 cm³/mol. The number of H-pyrrole nitrogens is 1. The minimum absolute atomic E-state index is 0.0717. The van der Waals surface area contributed by atoms with E-state index in [1.807, 2.05) is 12.1 Å². The first-order valence-electron chi connectivity index (χ1n) is 6.82. The highest BCUT2D eigenvalue weighted by Crippen LogP contribution is 2.28. The molecule has 0 saturated heterocycles. The van der Waals surface area contributed by atoms with Crippen molar-refractivity contribution in [2.24, 2.45) is 0 Å². The molecule has 0 radical (unpaired) electrons. The van der Waals surface area contributed by atoms with Gasteiger partial charge in [0, 0.05) is 31.6 Å². The molecule has 6 heteroatoms. The van der Waals surface area contributed by atoms with Crippen LogP contribution in [0.2, 0.25) is 5.02 Å². The van der Waals surface area contributed by atoms with Gasteiger partial charge in [-0.2, -0.15) is 0 Å². The minimum Gasteiger partial charge on any atom is -0.506 e. The van der Waals surface area contributed by atoms with Crippen LogP contribution in [0.4, 0.5) is 0 Å². The summed E-state index contributed by atoms with van der Waals surface area (Å²) < 4.78 is 0. The predicted octanol–water partition coefficient (Wildman–Crippen LogP) is 2.00. The molecule has 0 amide bonds. The Kier molecular flexibility index (Phi) is 3.69. The molecule has 0 fully saturated rings. The molecular formula is C15H16ClN3O2. The molecule has 2 N–H and O–H groups in total. The number of phenolic OH excluding ortho intramolecular Hbond substituents is 1. The molecule has 0 aliphatic carbocycles. The molecule has 3 rings (SSSR count). The number of phenols is 1. The van der Waals surface area contributed by atoms with Gasteiger partial charge in [-0.1, -0.05) is 23.7 Å². The van der Waals surface area contributed by atoms with E-state index in [9.17, 15) is 9.90 Å². The summed E-state index contributed by atoms with van der Waals surface area (Å²) >= 11 is 5.92. The largest absolute Gasteiger partial charge is 0.506 e. The fraction of sp³-hybridized carbons (Fsp3) is 0.333. The number of aromatic nitrogens is 2. The summed E-state index contributed by atoms with van der Waals surface area (Å²) in [5, 5.41) is 10.3. The Morgan fingerprint density at radius 2 is 2.29 bits per heavy atom. The van der Waals surface area contributed by atoms with E-state index >= 15 is 0 Å². The summed E-state index contributed by atoms with van der Waals surface area (Å²) in [6, 6.07) is 5.31. The van der Waals surface area contributed by atoms with Crippen LogP contribution in [0.1, 0.15) is 22.6 Å². The molecule has 21 heavy (non-hydrogen) atoms. The van der Waals surface area contributed by atoms with Crippen molar-refractivity contribution in [2.75, 3.05) is 6.54 Å². The third-order valence-corrected chi connectivity index (χ3v) is 4.04. The molecule has 5 nitrogen and oxygen atoms in total. The Morgan fingerprint density at radius 3 is 3.10 bits per heavy atom. The van der Waals surface area contributed by atoms with Crippen molar-refractivity contribution < 1.29 is 5.11 Å². The van der Waals surface area contributed by atoms with Gasteiger partial charge in [0.05, 0.1) is 16.3 Å². The quantitative estimate of drug-likeness (QED) is 0.890. The lowest BCUT2D eigenvalue weighted by molar-refractivity contribution is 0.238. The van der Waals surface area contributed by atoms with E-state index in [-0.39, 0.29) is 11.3 Å². The van der Waals surface area contributed by atoms with Crippen LogP contribution in [-0.2, 0) is 19.5 Å². The Hall–Kier alpha value is -1.85. The molecule has 1 aliphatic rings. The second kappa shape index (κ2) is 5.50. The van der Waals surface area contributed by atoms with Gasteiger partial charge in [0.15, 0.2) is 0 Å². The van der Waals surface area contributed by atoms with E-state index < -0.39 is 0 Å². The Bertz CT molecular complexity index is 742. The third kappa shape index (κ3) is 2.80. The second-order valence-electron chi connectivity index (χ2n) is 5.28. The fourth-order valence-electron chi connectivity index (χ4n) is 2.67. The Balaban J connectivity index is 1.84. The standard InChI is InChI=1S/C15H16ClN3O2/c1-9-17-13-5-6-19(8-11(13)15(21)18-9)7-10-3-2-4-12(16)14(10)20/h2-4,20H,5-8H2,1H3,(H,17,18,21). The summed E-state index contributed by atoms with van der Waals surface area (Å²) in [5.74, 6) is 0.764. The number of fused-ring (bicyclic) bond motifs is 1. The van der Waals surface area contributed by atoms with Crippen LogP contribution in [0, 0.1) is 6.92 Å². The number of aromatic hydroxyl groups is 1. The van der Waals surface area contributed by atoms with Gasteiger partial charge in [-0.25, -0.2) is 4.98 Å². The average Bonchev–Trinajstić information content (AvgIpc) is 2.44. The van der Waals surface area contributed by atoms with Gasteiger partial charge in [-0.3, -0.25) is 9.69 Å². The van der Waals surface area contributed by atoms with Gasteiger partial charge in [-0.15, -0.1) is 0 Å². The number of hydrogen-bond acceptors (Lipinski definition) is 4. The fourth-order valence-corrected chi connectivity index (χ4v) is 2.86. The number of aromatic amines is 1. The topological polar surface area (TPSA) is 69.2 Å². The lowest BCUT2D eigenvalue weighted by Gasteiger charge is -2.27. The van der Waals surface area contributed by atoms with Crippen LogP contribution in [-0.4, -0.2) is 26.5 Å². The molecule has 0 spiro atoms. The van der Waals surface area contributed by atoms with Gasteiger partial charge in [0.2, 0.25) is 0 Å². The number of hydrogen-bond donors (Lipinski definition) is 2. The summed E-state index contributed by atoms with van der Waals surface area (Å²) in [6.07, 6.45) is 0.738. The zero-order valence-corrected chi connectivity index (χ0v) is 12.4. The van der Waals surface area contributed by atoms with Gasteiger partial charge >= 0.3 is 0 Å². The molecule has 2 heterocycles. The first kappa shape index (κ1) is 14.1. The van der Waals surface area contributed by atoms with Crippen LogP contribution < -0.4 is 5.56 Å². The number of para-hydroxylation sites is 1. The lowest BCUT2D eigenvalue weighted by Crippen LogP contribution is -2.35. The summed E-state index contributed by atoms with van der Waals surface area (Å²) in [7, 11) is 0. The van der Waals surface area contributed by atoms with Gasteiger partial charge in [0.1, 0.15) is 11.6 Å². The second-order valence-corrected chi connectivity index (χ2v) is 5.69. The first-order valence-corrected chi connectivity index (χ1v) is 7.20.